The van der Waals surface area contributed by atoms with Gasteiger partial charge in [-0.1, -0.05) is 25.7 Å². The summed E-state index contributed by atoms with van der Waals surface area (Å²) in [5.74, 6) is 2.18. The average Bonchev–Trinajstić information content (AvgIpc) is 2.47. The van der Waals surface area contributed by atoms with Crippen molar-refractivity contribution in [3.63, 3.8) is 0 Å². The lowest BCUT2D eigenvalue weighted by molar-refractivity contribution is 0.192. The number of hydrogen-bond acceptors (Lipinski definition) is 1. The monoisotopic (exact) mass is 167 g/mol. The van der Waals surface area contributed by atoms with Crippen LogP contribution in [0.25, 0.3) is 0 Å². The molecule has 2 aliphatic rings. The van der Waals surface area contributed by atoms with Gasteiger partial charge in [-0.3, -0.25) is 0 Å². The van der Waals surface area contributed by atoms with E-state index in [4.69, 9.17) is 0 Å². The molecule has 0 aromatic heterocycles. The summed E-state index contributed by atoms with van der Waals surface area (Å²) in [4.78, 5) is 0. The molecule has 0 unspecified atom stereocenters. The molecule has 1 nitrogen and oxygen atoms in total. The molecule has 2 saturated carbocycles. The Balaban J connectivity index is 1.62. The topological polar surface area (TPSA) is 12.0 Å². The van der Waals surface area contributed by atoms with Crippen LogP contribution >= 0.6 is 0 Å². The van der Waals surface area contributed by atoms with Crippen LogP contribution in [0.15, 0.2) is 0 Å². The lowest BCUT2D eigenvalue weighted by Gasteiger charge is -2.36. The van der Waals surface area contributed by atoms with Crippen molar-refractivity contribution in [1.29, 1.82) is 0 Å². The SMILES string of the molecule is CNC1CC(CC2CCCC2)C1. The van der Waals surface area contributed by atoms with Crippen molar-refractivity contribution in [3.05, 3.63) is 0 Å². The summed E-state index contributed by atoms with van der Waals surface area (Å²) < 4.78 is 0. The first kappa shape index (κ1) is 8.55. The Morgan fingerprint density at radius 1 is 1.08 bits per heavy atom. The zero-order chi connectivity index (χ0) is 8.39. The fourth-order valence-electron chi connectivity index (χ4n) is 2.88. The minimum atomic E-state index is 0.858. The molecule has 0 aliphatic heterocycles. The van der Waals surface area contributed by atoms with Crippen LogP contribution in [0.1, 0.15) is 44.9 Å². The Bertz CT molecular complexity index is 132. The van der Waals surface area contributed by atoms with E-state index >= 15 is 0 Å². The van der Waals surface area contributed by atoms with Gasteiger partial charge in [0, 0.05) is 6.04 Å². The maximum absolute atomic E-state index is 3.36. The predicted octanol–water partition coefficient (Wildman–Crippen LogP) is 2.56. The average molecular weight is 167 g/mol. The zero-order valence-electron chi connectivity index (χ0n) is 8.18. The molecule has 2 aliphatic carbocycles. The maximum Gasteiger partial charge on any atom is 0.00693 e. The molecule has 1 heteroatoms. The van der Waals surface area contributed by atoms with Crippen LogP contribution in [-0.4, -0.2) is 13.1 Å². The summed E-state index contributed by atoms with van der Waals surface area (Å²) in [6.07, 6.45) is 10.5. The standard InChI is InChI=1S/C11H21N/c1-12-11-7-10(8-11)6-9-4-2-3-5-9/h9-12H,2-8H2,1H3. The third-order valence-corrected chi connectivity index (χ3v) is 3.79. The van der Waals surface area contributed by atoms with Gasteiger partial charge in [0.1, 0.15) is 0 Å². The second-order valence-corrected chi connectivity index (χ2v) is 4.71. The van der Waals surface area contributed by atoms with Gasteiger partial charge in [-0.2, -0.15) is 0 Å². The van der Waals surface area contributed by atoms with Gasteiger partial charge in [-0.05, 0) is 38.1 Å². The molecule has 0 aromatic rings. The second-order valence-electron chi connectivity index (χ2n) is 4.71. The molecule has 0 aromatic carbocycles. The Labute approximate surface area is 75.9 Å². The molecule has 0 bridgehead atoms. The first-order chi connectivity index (χ1) is 5.88. The van der Waals surface area contributed by atoms with Crippen LogP contribution in [0.2, 0.25) is 0 Å². The quantitative estimate of drug-likeness (QED) is 0.681. The number of rotatable bonds is 3. The zero-order valence-corrected chi connectivity index (χ0v) is 8.18. The molecular formula is C11H21N. The van der Waals surface area contributed by atoms with Gasteiger partial charge in [0.15, 0.2) is 0 Å². The third kappa shape index (κ3) is 1.82. The van der Waals surface area contributed by atoms with E-state index in [0.717, 1.165) is 17.9 Å². The van der Waals surface area contributed by atoms with Crippen LogP contribution in [0.4, 0.5) is 0 Å². The Kier molecular flexibility index (Phi) is 2.69. The van der Waals surface area contributed by atoms with E-state index in [2.05, 4.69) is 12.4 Å². The van der Waals surface area contributed by atoms with Crippen molar-refractivity contribution in [2.75, 3.05) is 7.05 Å². The van der Waals surface area contributed by atoms with Crippen LogP contribution in [0.5, 0.6) is 0 Å². The third-order valence-electron chi connectivity index (χ3n) is 3.79. The normalized spacial score (nSPS) is 36.8. The molecule has 0 heterocycles. The Morgan fingerprint density at radius 2 is 1.75 bits per heavy atom. The van der Waals surface area contributed by atoms with Crippen molar-refractivity contribution in [3.8, 4) is 0 Å². The van der Waals surface area contributed by atoms with Gasteiger partial charge in [-0.15, -0.1) is 0 Å². The van der Waals surface area contributed by atoms with E-state index in [1.807, 2.05) is 0 Å². The lowest BCUT2D eigenvalue weighted by atomic mass is 9.75. The minimum Gasteiger partial charge on any atom is -0.317 e. The van der Waals surface area contributed by atoms with Crippen molar-refractivity contribution in [2.45, 2.75) is 51.0 Å². The number of nitrogens with one attached hydrogen (secondary N) is 1. The van der Waals surface area contributed by atoms with Gasteiger partial charge in [0.05, 0.1) is 0 Å². The second kappa shape index (κ2) is 3.78. The molecular weight excluding hydrogens is 146 g/mol. The van der Waals surface area contributed by atoms with Crippen molar-refractivity contribution in [2.24, 2.45) is 11.8 Å². The molecule has 1 N–H and O–H groups in total. The van der Waals surface area contributed by atoms with E-state index in [-0.39, 0.29) is 0 Å². The van der Waals surface area contributed by atoms with Gasteiger partial charge in [0.2, 0.25) is 0 Å². The van der Waals surface area contributed by atoms with Gasteiger partial charge in [0.25, 0.3) is 0 Å². The first-order valence-electron chi connectivity index (χ1n) is 5.55. The number of hydrogen-bond donors (Lipinski definition) is 1. The van der Waals surface area contributed by atoms with Crippen LogP contribution < -0.4 is 5.32 Å². The van der Waals surface area contributed by atoms with E-state index < -0.39 is 0 Å². The van der Waals surface area contributed by atoms with Crippen molar-refractivity contribution < 1.29 is 0 Å². The Hall–Kier alpha value is -0.0400. The highest BCUT2D eigenvalue weighted by atomic mass is 14.9. The highest BCUT2D eigenvalue weighted by molar-refractivity contribution is 4.86. The first-order valence-corrected chi connectivity index (χ1v) is 5.55. The van der Waals surface area contributed by atoms with Gasteiger partial charge >= 0.3 is 0 Å². The van der Waals surface area contributed by atoms with Crippen molar-refractivity contribution in [1.82, 2.24) is 5.32 Å². The molecule has 2 fully saturated rings. The van der Waals surface area contributed by atoms with E-state index in [0.29, 0.717) is 0 Å². The fraction of sp³-hybridized carbons (Fsp3) is 1.00. The molecule has 0 radical (unpaired) electrons. The smallest absolute Gasteiger partial charge is 0.00693 e. The fourth-order valence-corrected chi connectivity index (χ4v) is 2.88. The van der Waals surface area contributed by atoms with E-state index in [1.165, 1.54) is 44.9 Å². The predicted molar refractivity (Wildman–Crippen MR) is 52.1 cm³/mol. The molecule has 2 rings (SSSR count). The summed E-state index contributed by atoms with van der Waals surface area (Å²) in [5, 5.41) is 3.36. The Morgan fingerprint density at radius 3 is 2.33 bits per heavy atom. The molecule has 0 amide bonds. The van der Waals surface area contributed by atoms with Crippen molar-refractivity contribution >= 4 is 0 Å². The molecule has 12 heavy (non-hydrogen) atoms. The van der Waals surface area contributed by atoms with Crippen LogP contribution in [-0.2, 0) is 0 Å². The lowest BCUT2D eigenvalue weighted by Crippen LogP contribution is -2.39. The minimum absolute atomic E-state index is 0.858. The van der Waals surface area contributed by atoms with E-state index in [1.54, 1.807) is 0 Å². The molecule has 0 spiro atoms. The maximum atomic E-state index is 3.36. The van der Waals surface area contributed by atoms with Crippen LogP contribution in [0.3, 0.4) is 0 Å². The van der Waals surface area contributed by atoms with Gasteiger partial charge < -0.3 is 5.32 Å². The summed E-state index contributed by atoms with van der Waals surface area (Å²) in [6, 6.07) is 0.858. The summed E-state index contributed by atoms with van der Waals surface area (Å²) in [7, 11) is 2.09. The molecule has 0 saturated heterocycles. The summed E-state index contributed by atoms with van der Waals surface area (Å²) in [5.41, 5.74) is 0. The summed E-state index contributed by atoms with van der Waals surface area (Å²) in [6.45, 7) is 0. The van der Waals surface area contributed by atoms with Gasteiger partial charge in [-0.25, -0.2) is 0 Å². The molecule has 0 atom stereocenters. The van der Waals surface area contributed by atoms with Crippen LogP contribution in [0, 0.1) is 11.8 Å². The highest BCUT2D eigenvalue weighted by Crippen LogP contribution is 2.38. The largest absolute Gasteiger partial charge is 0.317 e. The summed E-state index contributed by atoms with van der Waals surface area (Å²) >= 11 is 0. The highest BCUT2D eigenvalue weighted by Gasteiger charge is 2.30. The molecule has 70 valence electrons. The van der Waals surface area contributed by atoms with E-state index in [9.17, 15) is 0 Å².